The van der Waals surface area contributed by atoms with E-state index in [-0.39, 0.29) is 10.9 Å². The third-order valence-electron chi connectivity index (χ3n) is 2.36. The Labute approximate surface area is 104 Å². The summed E-state index contributed by atoms with van der Waals surface area (Å²) in [5.74, 6) is -0.524. The third-order valence-corrected chi connectivity index (χ3v) is 2.73. The summed E-state index contributed by atoms with van der Waals surface area (Å²) in [5.41, 5.74) is 5.14. The van der Waals surface area contributed by atoms with Crippen molar-refractivity contribution in [1.82, 2.24) is 9.78 Å². The number of aromatic nitrogens is 2. The van der Waals surface area contributed by atoms with Crippen LogP contribution in [-0.2, 0) is 11.8 Å². The van der Waals surface area contributed by atoms with Crippen molar-refractivity contribution in [2.75, 3.05) is 5.32 Å². The van der Waals surface area contributed by atoms with Crippen molar-refractivity contribution in [3.8, 4) is 0 Å². The van der Waals surface area contributed by atoms with Gasteiger partial charge in [0.2, 0.25) is 5.91 Å². The zero-order chi connectivity index (χ0) is 13.2. The first kappa shape index (κ1) is 13.5. The van der Waals surface area contributed by atoms with Gasteiger partial charge in [0.15, 0.2) is 0 Å². The van der Waals surface area contributed by atoms with Crippen molar-refractivity contribution in [3.05, 3.63) is 21.6 Å². The summed E-state index contributed by atoms with van der Waals surface area (Å²) < 4.78 is 1.11. The maximum atomic E-state index is 11.5. The molecule has 0 aliphatic carbocycles. The number of aryl methyl sites for hydroxylation is 1. The summed E-state index contributed by atoms with van der Waals surface area (Å²) >= 11 is 5.86. The Bertz CT molecular complexity index is 484. The van der Waals surface area contributed by atoms with Crippen molar-refractivity contribution in [1.29, 1.82) is 0 Å². The van der Waals surface area contributed by atoms with E-state index < -0.39 is 17.5 Å². The van der Waals surface area contributed by atoms with Crippen LogP contribution in [0.2, 0.25) is 5.02 Å². The molecule has 1 rings (SSSR count). The molecule has 0 unspecified atom stereocenters. The van der Waals surface area contributed by atoms with Crippen LogP contribution in [0.1, 0.15) is 13.8 Å². The molecule has 17 heavy (non-hydrogen) atoms. The molecule has 1 heterocycles. The number of hydrogen-bond donors (Lipinski definition) is 2. The van der Waals surface area contributed by atoms with Gasteiger partial charge < -0.3 is 11.1 Å². The number of carbonyl (C=O) groups is 1. The molecule has 0 saturated heterocycles. The molecule has 0 spiro atoms. The maximum absolute atomic E-state index is 11.5. The van der Waals surface area contributed by atoms with Gasteiger partial charge in [-0.15, -0.1) is 0 Å². The van der Waals surface area contributed by atoms with Gasteiger partial charge in [-0.1, -0.05) is 25.4 Å². The smallest absolute Gasteiger partial charge is 0.287 e. The first-order valence-electron chi connectivity index (χ1n) is 5.12. The Kier molecular flexibility index (Phi) is 4.11. The highest BCUT2D eigenvalue weighted by Crippen LogP contribution is 2.18. The topological polar surface area (TPSA) is 90.0 Å². The minimum absolute atomic E-state index is 0.00519. The van der Waals surface area contributed by atoms with E-state index in [4.69, 9.17) is 17.3 Å². The molecule has 0 fully saturated rings. The predicted molar refractivity (Wildman–Crippen MR) is 65.9 cm³/mol. The van der Waals surface area contributed by atoms with Crippen LogP contribution in [0.15, 0.2) is 11.0 Å². The minimum atomic E-state index is -0.596. The van der Waals surface area contributed by atoms with Gasteiger partial charge in [0.1, 0.15) is 11.1 Å². The molecule has 1 atom stereocenters. The van der Waals surface area contributed by atoms with Crippen LogP contribution in [0.25, 0.3) is 0 Å². The second-order valence-corrected chi connectivity index (χ2v) is 4.45. The Balaban J connectivity index is 3.07. The van der Waals surface area contributed by atoms with Gasteiger partial charge in [-0.05, 0) is 5.92 Å². The number of nitrogens with one attached hydrogen (secondary N) is 1. The van der Waals surface area contributed by atoms with Crippen molar-refractivity contribution in [2.45, 2.75) is 19.9 Å². The molecular formula is C10H15ClN4O2. The van der Waals surface area contributed by atoms with Gasteiger partial charge in [-0.25, -0.2) is 4.68 Å². The fourth-order valence-corrected chi connectivity index (χ4v) is 1.57. The lowest BCUT2D eigenvalue weighted by molar-refractivity contribution is -0.119. The fraction of sp³-hybridized carbons (Fsp3) is 0.500. The monoisotopic (exact) mass is 258 g/mol. The number of nitrogens with zero attached hydrogens (tertiary/aromatic N) is 2. The normalized spacial score (nSPS) is 12.5. The van der Waals surface area contributed by atoms with Crippen LogP contribution in [0, 0.1) is 5.92 Å². The van der Waals surface area contributed by atoms with Crippen molar-refractivity contribution in [2.24, 2.45) is 18.7 Å². The van der Waals surface area contributed by atoms with E-state index in [1.165, 1.54) is 13.2 Å². The summed E-state index contributed by atoms with van der Waals surface area (Å²) in [6, 6.07) is -0.596. The van der Waals surface area contributed by atoms with Gasteiger partial charge >= 0.3 is 0 Å². The molecule has 3 N–H and O–H groups in total. The average Bonchev–Trinajstić information content (AvgIpc) is 2.24. The molecule has 6 nitrogen and oxygen atoms in total. The van der Waals surface area contributed by atoms with Crippen molar-refractivity contribution >= 4 is 23.2 Å². The molecule has 0 aliphatic heterocycles. The molecule has 7 heteroatoms. The van der Waals surface area contributed by atoms with E-state index in [0.717, 1.165) is 4.68 Å². The van der Waals surface area contributed by atoms with Crippen LogP contribution >= 0.6 is 11.6 Å². The molecule has 1 amide bonds. The summed E-state index contributed by atoms with van der Waals surface area (Å²) in [7, 11) is 1.49. The Morgan fingerprint density at radius 3 is 2.65 bits per heavy atom. The number of primary amides is 1. The number of amides is 1. The highest BCUT2D eigenvalue weighted by molar-refractivity contribution is 6.33. The third kappa shape index (κ3) is 2.97. The zero-order valence-electron chi connectivity index (χ0n) is 9.90. The number of rotatable bonds is 4. The van der Waals surface area contributed by atoms with E-state index in [2.05, 4.69) is 10.4 Å². The van der Waals surface area contributed by atoms with Crippen LogP contribution in [0.3, 0.4) is 0 Å². The van der Waals surface area contributed by atoms with E-state index >= 15 is 0 Å². The molecule has 1 aromatic heterocycles. The second-order valence-electron chi connectivity index (χ2n) is 4.07. The highest BCUT2D eigenvalue weighted by atomic mass is 35.5. The van der Waals surface area contributed by atoms with E-state index in [0.29, 0.717) is 5.69 Å². The molecule has 1 aromatic rings. The molecule has 94 valence electrons. The largest absolute Gasteiger partial charge is 0.371 e. The van der Waals surface area contributed by atoms with Crippen molar-refractivity contribution < 1.29 is 4.79 Å². The second kappa shape index (κ2) is 5.18. The summed E-state index contributed by atoms with van der Waals surface area (Å²) in [5, 5.41) is 6.64. The standard InChI is InChI=1S/C10H15ClN4O2/c1-5(2)8(9(12)16)14-6-4-13-15(3)10(17)7(6)11/h4-5,8,14H,1-3H3,(H2,12,16)/t8-/m0/s1. The van der Waals surface area contributed by atoms with Crippen LogP contribution < -0.4 is 16.6 Å². The molecular weight excluding hydrogens is 244 g/mol. The Morgan fingerprint density at radius 2 is 2.18 bits per heavy atom. The quantitative estimate of drug-likeness (QED) is 0.816. The Hall–Kier alpha value is -1.56. The molecule has 0 radical (unpaired) electrons. The summed E-state index contributed by atoms with van der Waals surface area (Å²) in [6.07, 6.45) is 1.39. The van der Waals surface area contributed by atoms with E-state index in [1.807, 2.05) is 13.8 Å². The number of halogens is 1. The van der Waals surface area contributed by atoms with Crippen LogP contribution in [-0.4, -0.2) is 21.7 Å². The predicted octanol–water partition coefficient (Wildman–Crippen LogP) is 0.356. The summed E-state index contributed by atoms with van der Waals surface area (Å²) in [6.45, 7) is 3.68. The van der Waals surface area contributed by atoms with Gasteiger partial charge in [-0.3, -0.25) is 9.59 Å². The Morgan fingerprint density at radius 1 is 1.59 bits per heavy atom. The molecule has 0 bridgehead atoms. The van der Waals surface area contributed by atoms with E-state index in [1.54, 1.807) is 0 Å². The fourth-order valence-electron chi connectivity index (χ4n) is 1.35. The van der Waals surface area contributed by atoms with Crippen LogP contribution in [0.4, 0.5) is 5.69 Å². The summed E-state index contributed by atoms with van der Waals surface area (Å²) in [4.78, 5) is 22.7. The molecule has 0 saturated carbocycles. The van der Waals surface area contributed by atoms with Gasteiger partial charge in [0.25, 0.3) is 5.56 Å². The van der Waals surface area contributed by atoms with Gasteiger partial charge in [0.05, 0.1) is 11.9 Å². The maximum Gasteiger partial charge on any atom is 0.287 e. The zero-order valence-corrected chi connectivity index (χ0v) is 10.7. The van der Waals surface area contributed by atoms with Crippen LogP contribution in [0.5, 0.6) is 0 Å². The molecule has 0 aliphatic rings. The lowest BCUT2D eigenvalue weighted by Crippen LogP contribution is -2.40. The van der Waals surface area contributed by atoms with Gasteiger partial charge in [0, 0.05) is 7.05 Å². The number of carbonyl (C=O) groups excluding carboxylic acids is 1. The first-order valence-corrected chi connectivity index (χ1v) is 5.50. The highest BCUT2D eigenvalue weighted by Gasteiger charge is 2.21. The first-order chi connectivity index (χ1) is 7.84. The SMILES string of the molecule is CC(C)[C@H](Nc1cnn(C)c(=O)c1Cl)C(N)=O. The molecule has 0 aromatic carbocycles. The lowest BCUT2D eigenvalue weighted by Gasteiger charge is -2.20. The van der Waals surface area contributed by atoms with Gasteiger partial charge in [-0.2, -0.15) is 5.10 Å². The average molecular weight is 259 g/mol. The van der Waals surface area contributed by atoms with E-state index in [9.17, 15) is 9.59 Å². The number of hydrogen-bond acceptors (Lipinski definition) is 4. The number of anilines is 1. The minimum Gasteiger partial charge on any atom is -0.371 e. The number of nitrogens with two attached hydrogens (primary N) is 1. The van der Waals surface area contributed by atoms with Crippen molar-refractivity contribution in [3.63, 3.8) is 0 Å². The lowest BCUT2D eigenvalue weighted by atomic mass is 10.0.